The standard InChI is InChI=1S/C15H18F3N3/c1-3-21-10-13(11(2)20-21)9-19-8-12-5-4-6-14(7-12)15(16,17)18/h4-7,10,19H,3,8-9H2,1-2H3. The summed E-state index contributed by atoms with van der Waals surface area (Å²) in [5, 5.41) is 7.48. The van der Waals surface area contributed by atoms with Gasteiger partial charge in [-0.3, -0.25) is 4.68 Å². The lowest BCUT2D eigenvalue weighted by Crippen LogP contribution is -2.14. The van der Waals surface area contributed by atoms with Gasteiger partial charge in [-0.1, -0.05) is 18.2 Å². The Hall–Kier alpha value is -1.82. The molecule has 0 radical (unpaired) electrons. The number of alkyl halides is 3. The van der Waals surface area contributed by atoms with Crippen LogP contribution in [-0.4, -0.2) is 9.78 Å². The molecule has 2 rings (SSSR count). The Morgan fingerprint density at radius 2 is 2.00 bits per heavy atom. The van der Waals surface area contributed by atoms with Crippen LogP contribution >= 0.6 is 0 Å². The van der Waals surface area contributed by atoms with Crippen molar-refractivity contribution >= 4 is 0 Å². The molecule has 6 heteroatoms. The molecule has 0 bridgehead atoms. The summed E-state index contributed by atoms with van der Waals surface area (Å²) in [5.41, 5.74) is 2.00. The number of aryl methyl sites for hydroxylation is 2. The average Bonchev–Trinajstić information content (AvgIpc) is 2.79. The van der Waals surface area contributed by atoms with Crippen molar-refractivity contribution in [2.75, 3.05) is 0 Å². The number of aromatic nitrogens is 2. The van der Waals surface area contributed by atoms with Crippen LogP contribution in [0.2, 0.25) is 0 Å². The van der Waals surface area contributed by atoms with E-state index in [4.69, 9.17) is 0 Å². The van der Waals surface area contributed by atoms with Crippen molar-refractivity contribution in [3.63, 3.8) is 0 Å². The first-order chi connectivity index (χ1) is 9.90. The third-order valence-corrected chi connectivity index (χ3v) is 3.27. The van der Waals surface area contributed by atoms with Crippen molar-refractivity contribution in [3.8, 4) is 0 Å². The van der Waals surface area contributed by atoms with Crippen molar-refractivity contribution in [2.45, 2.75) is 39.7 Å². The van der Waals surface area contributed by atoms with E-state index in [1.54, 1.807) is 6.07 Å². The second-order valence-electron chi connectivity index (χ2n) is 4.90. The van der Waals surface area contributed by atoms with Gasteiger partial charge in [-0.25, -0.2) is 0 Å². The minimum absolute atomic E-state index is 0.390. The van der Waals surface area contributed by atoms with E-state index in [2.05, 4.69) is 10.4 Å². The molecule has 0 atom stereocenters. The quantitative estimate of drug-likeness (QED) is 0.915. The molecule has 0 aliphatic carbocycles. The molecule has 0 saturated heterocycles. The van der Waals surface area contributed by atoms with Crippen LogP contribution in [0.1, 0.15) is 29.3 Å². The first-order valence-corrected chi connectivity index (χ1v) is 6.80. The van der Waals surface area contributed by atoms with Crippen LogP contribution in [-0.2, 0) is 25.8 Å². The van der Waals surface area contributed by atoms with E-state index in [9.17, 15) is 13.2 Å². The number of nitrogens with one attached hydrogen (secondary N) is 1. The molecule has 0 spiro atoms. The summed E-state index contributed by atoms with van der Waals surface area (Å²) < 4.78 is 39.7. The zero-order valence-corrected chi connectivity index (χ0v) is 12.0. The van der Waals surface area contributed by atoms with E-state index in [0.29, 0.717) is 18.7 Å². The van der Waals surface area contributed by atoms with Gasteiger partial charge >= 0.3 is 6.18 Å². The predicted octanol–water partition coefficient (Wildman–Crippen LogP) is 3.52. The van der Waals surface area contributed by atoms with Crippen LogP contribution in [0.4, 0.5) is 13.2 Å². The predicted molar refractivity (Wildman–Crippen MR) is 74.6 cm³/mol. The number of nitrogens with zero attached hydrogens (tertiary/aromatic N) is 2. The van der Waals surface area contributed by atoms with Crippen molar-refractivity contribution in [3.05, 3.63) is 52.8 Å². The number of hydrogen-bond acceptors (Lipinski definition) is 2. The number of benzene rings is 1. The Morgan fingerprint density at radius 1 is 1.24 bits per heavy atom. The highest BCUT2D eigenvalue weighted by Crippen LogP contribution is 2.29. The third kappa shape index (κ3) is 4.07. The highest BCUT2D eigenvalue weighted by molar-refractivity contribution is 5.25. The SMILES string of the molecule is CCn1cc(CNCc2cccc(C(F)(F)F)c2)c(C)n1. The van der Waals surface area contributed by atoms with Gasteiger partial charge in [0, 0.05) is 31.4 Å². The van der Waals surface area contributed by atoms with Crippen LogP contribution in [0.5, 0.6) is 0 Å². The summed E-state index contributed by atoms with van der Waals surface area (Å²) in [6, 6.07) is 5.37. The maximum absolute atomic E-state index is 12.6. The molecule has 1 aromatic heterocycles. The Balaban J connectivity index is 1.96. The van der Waals surface area contributed by atoms with E-state index >= 15 is 0 Å². The molecular weight excluding hydrogens is 279 g/mol. The molecule has 0 saturated carbocycles. The monoisotopic (exact) mass is 297 g/mol. The lowest BCUT2D eigenvalue weighted by Gasteiger charge is -2.09. The number of rotatable bonds is 5. The van der Waals surface area contributed by atoms with Gasteiger partial charge in [-0.05, 0) is 25.5 Å². The molecule has 1 N–H and O–H groups in total. The van der Waals surface area contributed by atoms with Crippen molar-refractivity contribution in [1.29, 1.82) is 0 Å². The molecule has 21 heavy (non-hydrogen) atoms. The zero-order chi connectivity index (χ0) is 15.5. The Kier molecular flexibility index (Phi) is 4.67. The normalized spacial score (nSPS) is 11.9. The van der Waals surface area contributed by atoms with Gasteiger partial charge in [-0.15, -0.1) is 0 Å². The summed E-state index contributed by atoms with van der Waals surface area (Å²) in [5.74, 6) is 0. The fourth-order valence-electron chi connectivity index (χ4n) is 2.09. The fraction of sp³-hybridized carbons (Fsp3) is 0.400. The third-order valence-electron chi connectivity index (χ3n) is 3.27. The van der Waals surface area contributed by atoms with Crippen molar-refractivity contribution in [1.82, 2.24) is 15.1 Å². The highest BCUT2D eigenvalue weighted by atomic mass is 19.4. The lowest BCUT2D eigenvalue weighted by molar-refractivity contribution is -0.137. The Morgan fingerprint density at radius 3 is 2.62 bits per heavy atom. The molecule has 1 heterocycles. The Labute approximate surface area is 121 Å². The largest absolute Gasteiger partial charge is 0.416 e. The average molecular weight is 297 g/mol. The van der Waals surface area contributed by atoms with Gasteiger partial charge in [0.05, 0.1) is 11.3 Å². The van der Waals surface area contributed by atoms with Crippen LogP contribution in [0, 0.1) is 6.92 Å². The fourth-order valence-corrected chi connectivity index (χ4v) is 2.09. The Bertz CT molecular complexity index is 602. The van der Waals surface area contributed by atoms with Crippen LogP contribution < -0.4 is 5.32 Å². The molecule has 2 aromatic rings. The summed E-state index contributed by atoms with van der Waals surface area (Å²) in [4.78, 5) is 0. The van der Waals surface area contributed by atoms with Crippen molar-refractivity contribution in [2.24, 2.45) is 0 Å². The molecule has 0 aliphatic heterocycles. The highest BCUT2D eigenvalue weighted by Gasteiger charge is 2.30. The first kappa shape index (κ1) is 15.6. The van der Waals surface area contributed by atoms with Crippen molar-refractivity contribution < 1.29 is 13.2 Å². The topological polar surface area (TPSA) is 29.9 Å². The zero-order valence-electron chi connectivity index (χ0n) is 12.0. The number of halogens is 3. The van der Waals surface area contributed by atoms with E-state index in [0.717, 1.165) is 23.9 Å². The second kappa shape index (κ2) is 6.30. The molecule has 0 unspecified atom stereocenters. The van der Waals surface area contributed by atoms with Crippen LogP contribution in [0.25, 0.3) is 0 Å². The van der Waals surface area contributed by atoms with Gasteiger partial charge in [0.15, 0.2) is 0 Å². The summed E-state index contributed by atoms with van der Waals surface area (Å²) in [6.45, 7) is 5.71. The van der Waals surface area contributed by atoms with Gasteiger partial charge in [0.25, 0.3) is 0 Å². The maximum atomic E-state index is 12.6. The van der Waals surface area contributed by atoms with Gasteiger partial charge in [0.1, 0.15) is 0 Å². The second-order valence-corrected chi connectivity index (χ2v) is 4.90. The van der Waals surface area contributed by atoms with Crippen LogP contribution in [0.15, 0.2) is 30.5 Å². The molecule has 114 valence electrons. The van der Waals surface area contributed by atoms with Crippen LogP contribution in [0.3, 0.4) is 0 Å². The molecule has 0 aliphatic rings. The number of hydrogen-bond donors (Lipinski definition) is 1. The summed E-state index contributed by atoms with van der Waals surface area (Å²) >= 11 is 0. The molecule has 1 aromatic carbocycles. The molecule has 0 amide bonds. The molecule has 3 nitrogen and oxygen atoms in total. The van der Waals surface area contributed by atoms with E-state index < -0.39 is 11.7 Å². The lowest BCUT2D eigenvalue weighted by atomic mass is 10.1. The van der Waals surface area contributed by atoms with E-state index in [1.807, 2.05) is 24.7 Å². The summed E-state index contributed by atoms with van der Waals surface area (Å²) in [6.07, 6.45) is -2.34. The van der Waals surface area contributed by atoms with Gasteiger partial charge in [-0.2, -0.15) is 18.3 Å². The minimum atomic E-state index is -4.30. The van der Waals surface area contributed by atoms with E-state index in [-0.39, 0.29) is 0 Å². The van der Waals surface area contributed by atoms with Gasteiger partial charge < -0.3 is 5.32 Å². The molecular formula is C15H18F3N3. The summed E-state index contributed by atoms with van der Waals surface area (Å²) in [7, 11) is 0. The molecule has 0 fully saturated rings. The minimum Gasteiger partial charge on any atom is -0.308 e. The maximum Gasteiger partial charge on any atom is 0.416 e. The van der Waals surface area contributed by atoms with E-state index in [1.165, 1.54) is 12.1 Å². The van der Waals surface area contributed by atoms with Gasteiger partial charge in [0.2, 0.25) is 0 Å². The smallest absolute Gasteiger partial charge is 0.308 e. The first-order valence-electron chi connectivity index (χ1n) is 6.80.